The summed E-state index contributed by atoms with van der Waals surface area (Å²) in [6.45, 7) is 0.472. The van der Waals surface area contributed by atoms with E-state index in [2.05, 4.69) is 15.4 Å². The van der Waals surface area contributed by atoms with E-state index in [4.69, 9.17) is 19.9 Å². The predicted molar refractivity (Wildman–Crippen MR) is 123 cm³/mol. The van der Waals surface area contributed by atoms with Crippen LogP contribution in [0.3, 0.4) is 0 Å². The van der Waals surface area contributed by atoms with Crippen LogP contribution >= 0.6 is 11.3 Å². The molecule has 1 aliphatic carbocycles. The number of nitrogens with two attached hydrogens (primary N) is 1. The number of primary amides is 1. The highest BCUT2D eigenvalue weighted by Crippen LogP contribution is 2.37. The van der Waals surface area contributed by atoms with E-state index in [9.17, 15) is 22.8 Å². The molecule has 1 saturated carbocycles. The summed E-state index contributed by atoms with van der Waals surface area (Å²) in [7, 11) is 1.44. The Morgan fingerprint density at radius 3 is 2.75 bits per heavy atom. The molecule has 1 fully saturated rings. The standard InChI is InChI=1S/C22H24F3N5O5S/c1-11(5-12-6-14(7-12)35-20-17(18(26)31)36-21(29-20)33-2)28-19(32)15-8-27-30-9-13(3-4-16(15)30)34-10-22(23,24)25/h3-4,8-9,11-12,14H,5-7,10H2,1-2H3,(H2,26,31)(H,28,32)/t11-,12?,14?/m0/s1. The van der Waals surface area contributed by atoms with Crippen molar-refractivity contribution in [3.8, 4) is 16.8 Å². The van der Waals surface area contributed by atoms with Crippen LogP contribution in [0.1, 0.15) is 46.2 Å². The molecule has 36 heavy (non-hydrogen) atoms. The fourth-order valence-electron chi connectivity index (χ4n) is 3.98. The summed E-state index contributed by atoms with van der Waals surface area (Å²) in [6.07, 6.45) is 0.257. The second-order valence-corrected chi connectivity index (χ2v) is 9.49. The first-order valence-electron chi connectivity index (χ1n) is 11.0. The Labute approximate surface area is 207 Å². The zero-order chi connectivity index (χ0) is 26.0. The topological polar surface area (TPSA) is 130 Å². The highest BCUT2D eigenvalue weighted by molar-refractivity contribution is 7.15. The molecule has 14 heteroatoms. The number of alkyl halides is 3. The number of carbonyl (C=O) groups excluding carboxylic acids is 2. The Morgan fingerprint density at radius 2 is 2.08 bits per heavy atom. The molecule has 0 aromatic carbocycles. The Bertz CT molecular complexity index is 1250. The van der Waals surface area contributed by atoms with Crippen LogP contribution in [0.25, 0.3) is 5.52 Å². The van der Waals surface area contributed by atoms with Crippen LogP contribution < -0.4 is 25.3 Å². The average molecular weight is 528 g/mol. The summed E-state index contributed by atoms with van der Waals surface area (Å²) >= 11 is 1.03. The summed E-state index contributed by atoms with van der Waals surface area (Å²) in [5.41, 5.74) is 6.12. The van der Waals surface area contributed by atoms with Gasteiger partial charge in [-0.1, -0.05) is 11.3 Å². The molecule has 194 valence electrons. The largest absolute Gasteiger partial charge is 0.483 e. The molecule has 0 unspecified atom stereocenters. The highest BCUT2D eigenvalue weighted by Gasteiger charge is 2.34. The van der Waals surface area contributed by atoms with Crippen LogP contribution in [0.2, 0.25) is 0 Å². The third-order valence-electron chi connectivity index (χ3n) is 5.65. The van der Waals surface area contributed by atoms with Gasteiger partial charge in [-0.3, -0.25) is 9.59 Å². The fourth-order valence-corrected chi connectivity index (χ4v) is 4.65. The number of rotatable bonds is 10. The van der Waals surface area contributed by atoms with Gasteiger partial charge in [0.2, 0.25) is 5.88 Å². The number of fused-ring (bicyclic) bond motifs is 1. The number of nitrogens with one attached hydrogen (secondary N) is 1. The number of aromatic nitrogens is 3. The smallest absolute Gasteiger partial charge is 0.422 e. The van der Waals surface area contributed by atoms with Crippen molar-refractivity contribution >= 4 is 28.7 Å². The molecule has 0 saturated heterocycles. The SMILES string of the molecule is COc1nc(OC2CC(C[C@H](C)NC(=O)c3cnn4cc(OCC(F)(F)F)ccc34)C2)c(C(N)=O)s1. The maximum Gasteiger partial charge on any atom is 0.422 e. The second kappa shape index (κ2) is 10.2. The van der Waals surface area contributed by atoms with Gasteiger partial charge in [-0.05, 0) is 44.2 Å². The molecule has 0 aliphatic heterocycles. The number of ether oxygens (including phenoxy) is 3. The van der Waals surface area contributed by atoms with Gasteiger partial charge in [0.15, 0.2) is 11.5 Å². The van der Waals surface area contributed by atoms with E-state index in [-0.39, 0.29) is 34.6 Å². The van der Waals surface area contributed by atoms with Gasteiger partial charge >= 0.3 is 6.18 Å². The number of methoxy groups -OCH3 is 1. The minimum Gasteiger partial charge on any atom is -0.483 e. The molecule has 1 atom stereocenters. The summed E-state index contributed by atoms with van der Waals surface area (Å²) in [6, 6.07) is 2.70. The molecule has 2 amide bonds. The first kappa shape index (κ1) is 25.5. The molecule has 10 nitrogen and oxygen atoms in total. The summed E-state index contributed by atoms with van der Waals surface area (Å²) in [4.78, 5) is 28.7. The summed E-state index contributed by atoms with van der Waals surface area (Å²) in [5.74, 6) is -0.497. The molecular weight excluding hydrogens is 503 g/mol. The molecule has 4 rings (SSSR count). The lowest BCUT2D eigenvalue weighted by Gasteiger charge is -2.36. The quantitative estimate of drug-likeness (QED) is 0.414. The van der Waals surface area contributed by atoms with E-state index in [1.807, 2.05) is 6.92 Å². The third-order valence-corrected chi connectivity index (χ3v) is 6.66. The number of nitrogens with zero attached hydrogens (tertiary/aromatic N) is 3. The van der Waals surface area contributed by atoms with Crippen molar-refractivity contribution in [2.75, 3.05) is 13.7 Å². The molecule has 3 N–H and O–H groups in total. The van der Waals surface area contributed by atoms with Crippen molar-refractivity contribution in [2.24, 2.45) is 11.7 Å². The lowest BCUT2D eigenvalue weighted by molar-refractivity contribution is -0.153. The van der Waals surface area contributed by atoms with Gasteiger partial charge in [-0.2, -0.15) is 23.3 Å². The van der Waals surface area contributed by atoms with E-state index in [0.717, 1.165) is 24.2 Å². The van der Waals surface area contributed by atoms with E-state index in [1.54, 1.807) is 0 Å². The van der Waals surface area contributed by atoms with E-state index < -0.39 is 18.7 Å². The van der Waals surface area contributed by atoms with Crippen molar-refractivity contribution in [3.05, 3.63) is 35.0 Å². The Balaban J connectivity index is 1.27. The van der Waals surface area contributed by atoms with Crippen LogP contribution in [0, 0.1) is 5.92 Å². The predicted octanol–water partition coefficient (Wildman–Crippen LogP) is 3.21. The molecule has 0 spiro atoms. The zero-order valence-corrected chi connectivity index (χ0v) is 20.2. The number of halogens is 3. The first-order valence-corrected chi connectivity index (χ1v) is 11.8. The normalized spacial score (nSPS) is 18.4. The Kier molecular flexibility index (Phi) is 7.24. The second-order valence-electron chi connectivity index (χ2n) is 8.53. The molecule has 3 heterocycles. The van der Waals surface area contributed by atoms with E-state index in [1.165, 1.54) is 36.2 Å². The van der Waals surface area contributed by atoms with Gasteiger partial charge in [0.05, 0.1) is 30.6 Å². The van der Waals surface area contributed by atoms with Crippen LogP contribution in [-0.2, 0) is 0 Å². The maximum absolute atomic E-state index is 12.8. The lowest BCUT2D eigenvalue weighted by atomic mass is 9.78. The molecule has 0 radical (unpaired) electrons. The minimum atomic E-state index is -4.45. The number of amides is 2. The van der Waals surface area contributed by atoms with Gasteiger partial charge in [0.25, 0.3) is 17.0 Å². The van der Waals surface area contributed by atoms with Crippen LogP contribution in [-0.4, -0.2) is 58.5 Å². The highest BCUT2D eigenvalue weighted by atomic mass is 32.1. The molecule has 1 aliphatic rings. The number of thiazole rings is 1. The van der Waals surface area contributed by atoms with Crippen molar-refractivity contribution < 1.29 is 37.0 Å². The monoisotopic (exact) mass is 527 g/mol. The molecular formula is C22H24F3N5O5S. The van der Waals surface area contributed by atoms with Crippen molar-refractivity contribution in [2.45, 2.75) is 44.5 Å². The average Bonchev–Trinajstić information content (AvgIpc) is 3.39. The molecule has 0 bridgehead atoms. The van der Waals surface area contributed by atoms with Gasteiger partial charge < -0.3 is 25.3 Å². The van der Waals surface area contributed by atoms with Crippen molar-refractivity contribution in [3.63, 3.8) is 0 Å². The van der Waals surface area contributed by atoms with Crippen LogP contribution in [0.5, 0.6) is 16.8 Å². The summed E-state index contributed by atoms with van der Waals surface area (Å²) < 4.78 is 53.9. The van der Waals surface area contributed by atoms with Gasteiger partial charge in [0.1, 0.15) is 11.9 Å². The minimum absolute atomic E-state index is 0.0101. The third kappa shape index (κ3) is 5.98. The van der Waals surface area contributed by atoms with Gasteiger partial charge in [0, 0.05) is 6.04 Å². The fraction of sp³-hybridized carbons (Fsp3) is 0.455. The number of pyridine rings is 1. The number of carbonyl (C=O) groups is 2. The van der Waals surface area contributed by atoms with Crippen molar-refractivity contribution in [1.82, 2.24) is 19.9 Å². The summed E-state index contributed by atoms with van der Waals surface area (Å²) in [5, 5.41) is 7.28. The Hall–Kier alpha value is -3.55. The maximum atomic E-state index is 12.8. The van der Waals surface area contributed by atoms with Crippen LogP contribution in [0.4, 0.5) is 13.2 Å². The van der Waals surface area contributed by atoms with Gasteiger partial charge in [-0.15, -0.1) is 0 Å². The van der Waals surface area contributed by atoms with Crippen LogP contribution in [0.15, 0.2) is 24.5 Å². The molecule has 3 aromatic rings. The first-order chi connectivity index (χ1) is 17.0. The molecule has 3 aromatic heterocycles. The zero-order valence-electron chi connectivity index (χ0n) is 19.4. The lowest BCUT2D eigenvalue weighted by Crippen LogP contribution is -2.40. The van der Waals surface area contributed by atoms with E-state index >= 15 is 0 Å². The van der Waals surface area contributed by atoms with Crippen molar-refractivity contribution in [1.29, 1.82) is 0 Å². The Morgan fingerprint density at radius 1 is 1.33 bits per heavy atom. The van der Waals surface area contributed by atoms with Gasteiger partial charge in [-0.25, -0.2) is 4.52 Å². The van der Waals surface area contributed by atoms with E-state index in [0.29, 0.717) is 28.6 Å². The number of hydrogen-bond acceptors (Lipinski definition) is 8. The number of hydrogen-bond donors (Lipinski definition) is 2.